The van der Waals surface area contributed by atoms with Crippen LogP contribution >= 0.6 is 11.6 Å². The van der Waals surface area contributed by atoms with Crippen LogP contribution in [0.1, 0.15) is 30.6 Å². The molecule has 0 radical (unpaired) electrons. The lowest BCUT2D eigenvalue weighted by atomic mass is 10.1. The number of amides is 1. The Labute approximate surface area is 112 Å². The van der Waals surface area contributed by atoms with Crippen LogP contribution in [0.3, 0.4) is 0 Å². The largest absolute Gasteiger partial charge is 0.496 e. The Balaban J connectivity index is 2.80. The average Bonchev–Trinajstić information content (AvgIpc) is 2.27. The maximum atomic E-state index is 12.0. The second-order valence-corrected chi connectivity index (χ2v) is 4.74. The molecule has 0 saturated carbocycles. The first-order valence-corrected chi connectivity index (χ1v) is 6.14. The first-order chi connectivity index (χ1) is 8.43. The summed E-state index contributed by atoms with van der Waals surface area (Å²) in [6.45, 7) is 3.52. The van der Waals surface area contributed by atoms with Gasteiger partial charge in [0.15, 0.2) is 0 Å². The van der Waals surface area contributed by atoms with E-state index in [9.17, 15) is 9.90 Å². The molecule has 1 amide bonds. The summed E-state index contributed by atoms with van der Waals surface area (Å²) in [5.41, 5.74) is 0.391. The third kappa shape index (κ3) is 4.20. The van der Waals surface area contributed by atoms with Crippen LogP contribution in [0.5, 0.6) is 5.75 Å². The second-order valence-electron chi connectivity index (χ2n) is 4.30. The first-order valence-electron chi connectivity index (χ1n) is 5.76. The molecule has 2 unspecified atom stereocenters. The number of hydrogen-bond donors (Lipinski definition) is 2. The molecule has 0 aromatic heterocycles. The van der Waals surface area contributed by atoms with Gasteiger partial charge in [-0.15, -0.1) is 0 Å². The molecule has 0 bridgehead atoms. The van der Waals surface area contributed by atoms with Crippen LogP contribution in [0.2, 0.25) is 5.02 Å². The number of halogens is 1. The van der Waals surface area contributed by atoms with Gasteiger partial charge in [0.25, 0.3) is 5.91 Å². The predicted octanol–water partition coefficient (Wildman–Crippen LogP) is 2.24. The molecule has 0 aliphatic rings. The van der Waals surface area contributed by atoms with Gasteiger partial charge in [-0.25, -0.2) is 0 Å². The lowest BCUT2D eigenvalue weighted by Crippen LogP contribution is -2.34. The van der Waals surface area contributed by atoms with Crippen molar-refractivity contribution >= 4 is 17.5 Å². The fourth-order valence-corrected chi connectivity index (χ4v) is 1.90. The molecule has 0 saturated heterocycles. The minimum atomic E-state index is -0.457. The van der Waals surface area contributed by atoms with E-state index < -0.39 is 6.10 Å². The number of carbonyl (C=O) groups is 1. The van der Waals surface area contributed by atoms with Gasteiger partial charge in [-0.3, -0.25) is 4.79 Å². The lowest BCUT2D eigenvalue weighted by Gasteiger charge is -2.16. The fraction of sp³-hybridized carbons (Fsp3) is 0.462. The van der Waals surface area contributed by atoms with E-state index in [0.29, 0.717) is 22.8 Å². The van der Waals surface area contributed by atoms with E-state index in [0.717, 1.165) is 0 Å². The Kier molecular flexibility index (Phi) is 5.44. The van der Waals surface area contributed by atoms with E-state index >= 15 is 0 Å². The van der Waals surface area contributed by atoms with Crippen molar-refractivity contribution in [1.82, 2.24) is 5.32 Å². The third-order valence-electron chi connectivity index (χ3n) is 2.48. The Hall–Kier alpha value is -1.26. The van der Waals surface area contributed by atoms with Gasteiger partial charge in [-0.05, 0) is 38.5 Å². The summed E-state index contributed by atoms with van der Waals surface area (Å²) in [5, 5.41) is 12.5. The maximum absolute atomic E-state index is 12.0. The summed E-state index contributed by atoms with van der Waals surface area (Å²) in [6, 6.07) is 4.75. The molecule has 0 heterocycles. The summed E-state index contributed by atoms with van der Waals surface area (Å²) in [6.07, 6.45) is 0.0378. The van der Waals surface area contributed by atoms with Crippen molar-refractivity contribution in [3.63, 3.8) is 0 Å². The van der Waals surface area contributed by atoms with Crippen LogP contribution in [0.25, 0.3) is 0 Å². The average molecular weight is 272 g/mol. The Morgan fingerprint density at radius 1 is 1.50 bits per heavy atom. The molecule has 1 aromatic rings. The third-order valence-corrected chi connectivity index (χ3v) is 2.71. The molecular formula is C13H18ClNO3. The molecule has 4 nitrogen and oxygen atoms in total. The SMILES string of the molecule is COc1ccc(Cl)cc1C(=O)NC(C)CC(C)O. The minimum Gasteiger partial charge on any atom is -0.496 e. The molecule has 0 aliphatic carbocycles. The Morgan fingerprint density at radius 2 is 2.17 bits per heavy atom. The van der Waals surface area contributed by atoms with Crippen molar-refractivity contribution in [2.75, 3.05) is 7.11 Å². The summed E-state index contributed by atoms with van der Waals surface area (Å²) in [7, 11) is 1.50. The number of rotatable bonds is 5. The van der Waals surface area contributed by atoms with Crippen LogP contribution in [0.4, 0.5) is 0 Å². The van der Waals surface area contributed by atoms with Crippen LogP contribution in [0.15, 0.2) is 18.2 Å². The van der Waals surface area contributed by atoms with Gasteiger partial charge in [0.05, 0.1) is 18.8 Å². The summed E-state index contributed by atoms with van der Waals surface area (Å²) < 4.78 is 5.12. The van der Waals surface area contributed by atoms with Crippen molar-refractivity contribution < 1.29 is 14.6 Å². The molecular weight excluding hydrogens is 254 g/mol. The van der Waals surface area contributed by atoms with Crippen LogP contribution in [-0.4, -0.2) is 30.3 Å². The first kappa shape index (κ1) is 14.8. The number of ether oxygens (including phenoxy) is 1. The number of aliphatic hydroxyl groups is 1. The Morgan fingerprint density at radius 3 is 2.72 bits per heavy atom. The summed E-state index contributed by atoms with van der Waals surface area (Å²) >= 11 is 5.86. The van der Waals surface area contributed by atoms with Crippen molar-refractivity contribution in [1.29, 1.82) is 0 Å². The van der Waals surface area contributed by atoms with Crippen LogP contribution < -0.4 is 10.1 Å². The van der Waals surface area contributed by atoms with E-state index in [-0.39, 0.29) is 11.9 Å². The highest BCUT2D eigenvalue weighted by molar-refractivity contribution is 6.31. The molecule has 0 fully saturated rings. The zero-order valence-corrected chi connectivity index (χ0v) is 11.5. The highest BCUT2D eigenvalue weighted by Crippen LogP contribution is 2.22. The van der Waals surface area contributed by atoms with Crippen LogP contribution in [0, 0.1) is 0 Å². The lowest BCUT2D eigenvalue weighted by molar-refractivity contribution is 0.0920. The van der Waals surface area contributed by atoms with Gasteiger partial charge in [0.1, 0.15) is 5.75 Å². The normalized spacial score (nSPS) is 13.8. The standard InChI is InChI=1S/C13H18ClNO3/c1-8(6-9(2)16)15-13(17)11-7-10(14)4-5-12(11)18-3/h4-5,7-9,16H,6H2,1-3H3,(H,15,17). The zero-order valence-electron chi connectivity index (χ0n) is 10.7. The number of methoxy groups -OCH3 is 1. The van der Waals surface area contributed by atoms with Crippen molar-refractivity contribution in [3.8, 4) is 5.75 Å². The number of carbonyl (C=O) groups excluding carboxylic acids is 1. The maximum Gasteiger partial charge on any atom is 0.255 e. The van der Waals surface area contributed by atoms with E-state index in [4.69, 9.17) is 16.3 Å². The molecule has 5 heteroatoms. The van der Waals surface area contributed by atoms with E-state index in [1.54, 1.807) is 25.1 Å². The molecule has 1 rings (SSSR count). The number of benzene rings is 1. The monoisotopic (exact) mass is 271 g/mol. The number of nitrogens with one attached hydrogen (secondary N) is 1. The Bertz CT molecular complexity index is 421. The topological polar surface area (TPSA) is 58.6 Å². The van der Waals surface area contributed by atoms with Crippen LogP contribution in [-0.2, 0) is 0 Å². The summed E-state index contributed by atoms with van der Waals surface area (Å²) in [4.78, 5) is 12.0. The van der Waals surface area contributed by atoms with Crippen molar-refractivity contribution in [2.24, 2.45) is 0 Å². The quantitative estimate of drug-likeness (QED) is 0.863. The fourth-order valence-electron chi connectivity index (χ4n) is 1.73. The molecule has 0 spiro atoms. The predicted molar refractivity (Wildman–Crippen MR) is 71.2 cm³/mol. The number of hydrogen-bond acceptors (Lipinski definition) is 3. The molecule has 100 valence electrons. The van der Waals surface area contributed by atoms with Gasteiger partial charge < -0.3 is 15.2 Å². The van der Waals surface area contributed by atoms with E-state index in [2.05, 4.69) is 5.32 Å². The van der Waals surface area contributed by atoms with Crippen molar-refractivity contribution in [3.05, 3.63) is 28.8 Å². The van der Waals surface area contributed by atoms with E-state index in [1.807, 2.05) is 6.92 Å². The highest BCUT2D eigenvalue weighted by Gasteiger charge is 2.16. The van der Waals surface area contributed by atoms with Gasteiger partial charge in [-0.2, -0.15) is 0 Å². The number of aliphatic hydroxyl groups excluding tert-OH is 1. The zero-order chi connectivity index (χ0) is 13.7. The van der Waals surface area contributed by atoms with Gasteiger partial charge in [0, 0.05) is 11.1 Å². The molecule has 1 aromatic carbocycles. The van der Waals surface area contributed by atoms with Crippen molar-refractivity contribution in [2.45, 2.75) is 32.4 Å². The van der Waals surface area contributed by atoms with Gasteiger partial charge >= 0.3 is 0 Å². The molecule has 2 N–H and O–H groups in total. The van der Waals surface area contributed by atoms with E-state index in [1.165, 1.54) is 7.11 Å². The minimum absolute atomic E-state index is 0.124. The smallest absolute Gasteiger partial charge is 0.255 e. The van der Waals surface area contributed by atoms with Gasteiger partial charge in [0.2, 0.25) is 0 Å². The molecule has 18 heavy (non-hydrogen) atoms. The highest BCUT2D eigenvalue weighted by atomic mass is 35.5. The second kappa shape index (κ2) is 6.61. The van der Waals surface area contributed by atoms with Gasteiger partial charge in [-0.1, -0.05) is 11.6 Å². The summed E-state index contributed by atoms with van der Waals surface area (Å²) in [5.74, 6) is 0.212. The molecule has 0 aliphatic heterocycles. The molecule has 2 atom stereocenters.